The Morgan fingerprint density at radius 2 is 2.25 bits per heavy atom. The van der Waals surface area contributed by atoms with Gasteiger partial charge in [-0.25, -0.2) is 8.42 Å². The van der Waals surface area contributed by atoms with E-state index in [0.29, 0.717) is 30.6 Å². The second-order valence-electron chi connectivity index (χ2n) is 6.01. The molecule has 0 spiro atoms. The maximum atomic E-state index is 12.3. The molecule has 0 unspecified atom stereocenters. The van der Waals surface area contributed by atoms with Crippen molar-refractivity contribution >= 4 is 15.7 Å². The van der Waals surface area contributed by atoms with Crippen LogP contribution in [0, 0.1) is 6.92 Å². The Balaban J connectivity index is 1.62. The molecule has 0 aromatic carbocycles. The van der Waals surface area contributed by atoms with Crippen molar-refractivity contribution in [3.8, 4) is 0 Å². The van der Waals surface area contributed by atoms with Crippen LogP contribution < -0.4 is 5.32 Å². The predicted octanol–water partition coefficient (Wildman–Crippen LogP) is 0.919. The topological polar surface area (TPSA) is 93.9 Å². The molecule has 0 radical (unpaired) electrons. The first-order chi connectivity index (χ1) is 11.5. The van der Waals surface area contributed by atoms with Gasteiger partial charge in [-0.2, -0.15) is 5.10 Å². The molecule has 3 rings (SSSR count). The third kappa shape index (κ3) is 3.64. The van der Waals surface area contributed by atoms with Gasteiger partial charge in [-0.1, -0.05) is 6.07 Å². The van der Waals surface area contributed by atoms with Crippen molar-refractivity contribution in [3.63, 3.8) is 0 Å². The van der Waals surface area contributed by atoms with Crippen molar-refractivity contribution in [1.82, 2.24) is 20.1 Å². The number of rotatable bonds is 5. The third-order valence-corrected chi connectivity index (χ3v) is 6.02. The summed E-state index contributed by atoms with van der Waals surface area (Å²) < 4.78 is 24.9. The minimum Gasteiger partial charge on any atom is -0.352 e. The molecule has 1 atom stereocenters. The Labute approximate surface area is 141 Å². The normalized spacial score (nSPS) is 19.3. The number of aromatic nitrogens is 3. The number of carbonyl (C=O) groups is 1. The fourth-order valence-electron chi connectivity index (χ4n) is 2.94. The lowest BCUT2D eigenvalue weighted by Gasteiger charge is -2.11. The van der Waals surface area contributed by atoms with E-state index in [0.717, 1.165) is 5.56 Å². The van der Waals surface area contributed by atoms with Crippen LogP contribution in [0.2, 0.25) is 0 Å². The van der Waals surface area contributed by atoms with E-state index in [9.17, 15) is 13.2 Å². The van der Waals surface area contributed by atoms with Crippen molar-refractivity contribution in [2.24, 2.45) is 0 Å². The van der Waals surface area contributed by atoms with E-state index >= 15 is 0 Å². The van der Waals surface area contributed by atoms with Crippen LogP contribution in [0.1, 0.15) is 34.1 Å². The molecular formula is C16H20N4O3S. The molecular weight excluding hydrogens is 328 g/mol. The van der Waals surface area contributed by atoms with Gasteiger partial charge >= 0.3 is 0 Å². The Morgan fingerprint density at radius 3 is 2.92 bits per heavy atom. The molecule has 1 N–H and O–H groups in total. The third-order valence-electron chi connectivity index (χ3n) is 4.27. The highest BCUT2D eigenvalue weighted by Crippen LogP contribution is 2.25. The number of amides is 1. The highest BCUT2D eigenvalue weighted by molar-refractivity contribution is 7.91. The maximum Gasteiger partial charge on any atom is 0.254 e. The van der Waals surface area contributed by atoms with E-state index in [-0.39, 0.29) is 23.5 Å². The number of hydrogen-bond acceptors (Lipinski definition) is 5. The number of hydrogen-bond donors (Lipinski definition) is 1. The molecule has 1 amide bonds. The van der Waals surface area contributed by atoms with Gasteiger partial charge in [-0.15, -0.1) is 0 Å². The van der Waals surface area contributed by atoms with Gasteiger partial charge in [0, 0.05) is 24.6 Å². The molecule has 2 aromatic rings. The standard InChI is InChI=1S/C16H20N4O3S/c1-12-15(10-19-20(12)14-5-8-24(22,23)11-14)16(21)18-7-4-13-3-2-6-17-9-13/h2-3,6,9-10,14H,4-5,7-8,11H2,1H3,(H,18,21)/t14-/m0/s1. The number of sulfone groups is 1. The van der Waals surface area contributed by atoms with Crippen molar-refractivity contribution in [3.05, 3.63) is 47.5 Å². The van der Waals surface area contributed by atoms with Crippen LogP contribution in [0.4, 0.5) is 0 Å². The Hall–Kier alpha value is -2.22. The first-order valence-electron chi connectivity index (χ1n) is 7.88. The zero-order valence-corrected chi connectivity index (χ0v) is 14.3. The predicted molar refractivity (Wildman–Crippen MR) is 89.5 cm³/mol. The van der Waals surface area contributed by atoms with Gasteiger partial charge in [0.15, 0.2) is 9.84 Å². The summed E-state index contributed by atoms with van der Waals surface area (Å²) in [6.07, 6.45) is 6.25. The lowest BCUT2D eigenvalue weighted by atomic mass is 10.2. The second kappa shape index (κ2) is 6.72. The summed E-state index contributed by atoms with van der Waals surface area (Å²) in [6, 6.07) is 3.65. The zero-order chi connectivity index (χ0) is 17.2. The van der Waals surface area contributed by atoms with Crippen LogP contribution in [-0.2, 0) is 16.3 Å². The van der Waals surface area contributed by atoms with Crippen LogP contribution in [0.15, 0.2) is 30.7 Å². The molecule has 0 aliphatic carbocycles. The average Bonchev–Trinajstić information content (AvgIpc) is 3.10. The fraction of sp³-hybridized carbons (Fsp3) is 0.438. The lowest BCUT2D eigenvalue weighted by Crippen LogP contribution is -2.26. The van der Waals surface area contributed by atoms with Crippen LogP contribution >= 0.6 is 0 Å². The lowest BCUT2D eigenvalue weighted by molar-refractivity contribution is 0.0953. The van der Waals surface area contributed by atoms with E-state index < -0.39 is 9.84 Å². The largest absolute Gasteiger partial charge is 0.352 e. The second-order valence-corrected chi connectivity index (χ2v) is 8.24. The summed E-state index contributed by atoms with van der Waals surface area (Å²) in [6.45, 7) is 2.31. The molecule has 1 fully saturated rings. The molecule has 0 bridgehead atoms. The molecule has 2 aromatic heterocycles. The molecule has 24 heavy (non-hydrogen) atoms. The molecule has 1 aliphatic heterocycles. The Bertz CT molecular complexity index is 830. The minimum atomic E-state index is -2.98. The highest BCUT2D eigenvalue weighted by Gasteiger charge is 2.31. The van der Waals surface area contributed by atoms with E-state index in [1.54, 1.807) is 24.0 Å². The quantitative estimate of drug-likeness (QED) is 0.867. The molecule has 1 aliphatic rings. The molecule has 128 valence electrons. The van der Waals surface area contributed by atoms with Crippen LogP contribution in [0.5, 0.6) is 0 Å². The van der Waals surface area contributed by atoms with E-state index in [1.807, 2.05) is 12.1 Å². The van der Waals surface area contributed by atoms with Gasteiger partial charge in [0.2, 0.25) is 0 Å². The summed E-state index contributed by atoms with van der Waals surface area (Å²) in [7, 11) is -2.98. The van der Waals surface area contributed by atoms with Gasteiger partial charge < -0.3 is 5.32 Å². The van der Waals surface area contributed by atoms with Crippen molar-refractivity contribution in [1.29, 1.82) is 0 Å². The fourth-order valence-corrected chi connectivity index (χ4v) is 4.64. The van der Waals surface area contributed by atoms with Crippen LogP contribution in [0.25, 0.3) is 0 Å². The maximum absolute atomic E-state index is 12.3. The molecule has 7 nitrogen and oxygen atoms in total. The summed E-state index contributed by atoms with van der Waals surface area (Å²) in [5.74, 6) is 0.0878. The smallest absolute Gasteiger partial charge is 0.254 e. The van der Waals surface area contributed by atoms with E-state index in [2.05, 4.69) is 15.4 Å². The van der Waals surface area contributed by atoms with Gasteiger partial charge in [-0.05, 0) is 31.4 Å². The first-order valence-corrected chi connectivity index (χ1v) is 9.70. The average molecular weight is 348 g/mol. The van der Waals surface area contributed by atoms with Gasteiger partial charge in [0.1, 0.15) is 0 Å². The van der Waals surface area contributed by atoms with Crippen molar-refractivity contribution in [2.75, 3.05) is 18.1 Å². The summed E-state index contributed by atoms with van der Waals surface area (Å²) in [4.78, 5) is 16.4. The number of pyridine rings is 1. The monoisotopic (exact) mass is 348 g/mol. The van der Waals surface area contributed by atoms with Crippen molar-refractivity contribution < 1.29 is 13.2 Å². The summed E-state index contributed by atoms with van der Waals surface area (Å²) in [5.41, 5.74) is 2.25. The molecule has 1 saturated heterocycles. The Morgan fingerprint density at radius 1 is 1.42 bits per heavy atom. The van der Waals surface area contributed by atoms with Crippen molar-refractivity contribution in [2.45, 2.75) is 25.8 Å². The molecule has 3 heterocycles. The SMILES string of the molecule is Cc1c(C(=O)NCCc2cccnc2)cnn1[C@H]1CCS(=O)(=O)C1. The number of nitrogens with zero attached hydrogens (tertiary/aromatic N) is 3. The van der Waals surface area contributed by atoms with Gasteiger partial charge in [0.05, 0.1) is 29.3 Å². The van der Waals surface area contributed by atoms with Gasteiger partial charge in [0.25, 0.3) is 5.91 Å². The Kier molecular flexibility index (Phi) is 4.66. The van der Waals surface area contributed by atoms with Gasteiger partial charge in [-0.3, -0.25) is 14.5 Å². The highest BCUT2D eigenvalue weighted by atomic mass is 32.2. The van der Waals surface area contributed by atoms with Crippen LogP contribution in [0.3, 0.4) is 0 Å². The molecule has 0 saturated carbocycles. The van der Waals surface area contributed by atoms with E-state index in [1.165, 1.54) is 6.20 Å². The number of carbonyl (C=O) groups excluding carboxylic acids is 1. The number of nitrogens with one attached hydrogen (secondary N) is 1. The summed E-state index contributed by atoms with van der Waals surface area (Å²) >= 11 is 0. The summed E-state index contributed by atoms with van der Waals surface area (Å²) in [5, 5.41) is 7.10. The first kappa shape index (κ1) is 16.6. The minimum absolute atomic E-state index is 0.0948. The zero-order valence-electron chi connectivity index (χ0n) is 13.5. The van der Waals surface area contributed by atoms with Crippen LogP contribution in [-0.4, -0.2) is 47.1 Å². The van der Waals surface area contributed by atoms with E-state index in [4.69, 9.17) is 0 Å². The molecule has 8 heteroatoms.